The number of aldehydes is 1. The van der Waals surface area contributed by atoms with Gasteiger partial charge in [0.05, 0.1) is 21.3 Å². The Hall–Kier alpha value is -1.06. The molecule has 0 fully saturated rings. The minimum atomic E-state index is -0.258. The van der Waals surface area contributed by atoms with E-state index in [1.54, 1.807) is 6.07 Å². The molecular weight excluding hydrogens is 225 g/mol. The second-order valence-corrected chi connectivity index (χ2v) is 3.41. The van der Waals surface area contributed by atoms with Gasteiger partial charge in [0.25, 0.3) is 0 Å². The number of hydrogen-bond donors (Lipinski definition) is 1. The first-order valence-electron chi connectivity index (χ1n) is 3.77. The fraction of sp³-hybridized carbons (Fsp3) is 0.111. The summed E-state index contributed by atoms with van der Waals surface area (Å²) >= 11 is 11.5. The molecule has 1 aromatic rings. The normalized spacial score (nSPS) is 9.64. The highest BCUT2D eigenvalue weighted by Crippen LogP contribution is 2.30. The summed E-state index contributed by atoms with van der Waals surface area (Å²) in [7, 11) is 0. The zero-order valence-corrected chi connectivity index (χ0v) is 8.82. The fourth-order valence-electron chi connectivity index (χ4n) is 0.964. The molecule has 0 saturated carbocycles. The standard InChI is InChI=1S/C9H7Cl2NO2/c1-5(14)12-8-3-2-7(10)6(4-13)9(8)11/h2-4H,1H3,(H,12,14). The summed E-state index contributed by atoms with van der Waals surface area (Å²) in [5.74, 6) is -0.258. The van der Waals surface area contributed by atoms with Crippen molar-refractivity contribution < 1.29 is 9.59 Å². The number of anilines is 1. The maximum atomic E-state index is 10.8. The van der Waals surface area contributed by atoms with Gasteiger partial charge in [-0.15, -0.1) is 0 Å². The van der Waals surface area contributed by atoms with Crippen LogP contribution in [0.2, 0.25) is 10.0 Å². The van der Waals surface area contributed by atoms with Crippen LogP contribution in [0, 0.1) is 0 Å². The van der Waals surface area contributed by atoms with Crippen LogP contribution < -0.4 is 5.32 Å². The molecule has 0 spiro atoms. The third-order valence-corrected chi connectivity index (χ3v) is 2.29. The Kier molecular flexibility index (Phi) is 3.49. The minimum Gasteiger partial charge on any atom is -0.325 e. The highest BCUT2D eigenvalue weighted by molar-refractivity contribution is 6.40. The van der Waals surface area contributed by atoms with Gasteiger partial charge in [0, 0.05) is 6.92 Å². The summed E-state index contributed by atoms with van der Waals surface area (Å²) in [6.07, 6.45) is 0.552. The highest BCUT2D eigenvalue weighted by Gasteiger charge is 2.10. The molecule has 0 aliphatic heterocycles. The number of nitrogens with one attached hydrogen (secondary N) is 1. The Morgan fingerprint density at radius 1 is 1.43 bits per heavy atom. The molecule has 0 aliphatic rings. The molecule has 74 valence electrons. The smallest absolute Gasteiger partial charge is 0.221 e. The quantitative estimate of drug-likeness (QED) is 0.797. The molecule has 1 aromatic carbocycles. The molecule has 0 atom stereocenters. The lowest BCUT2D eigenvalue weighted by Crippen LogP contribution is -2.06. The van der Waals surface area contributed by atoms with Crippen molar-refractivity contribution >= 4 is 41.1 Å². The molecule has 0 unspecified atom stereocenters. The van der Waals surface area contributed by atoms with Crippen LogP contribution in [0.3, 0.4) is 0 Å². The Morgan fingerprint density at radius 3 is 2.57 bits per heavy atom. The van der Waals surface area contributed by atoms with Crippen LogP contribution in [0.4, 0.5) is 5.69 Å². The van der Waals surface area contributed by atoms with Crippen molar-refractivity contribution in [2.45, 2.75) is 6.92 Å². The Morgan fingerprint density at radius 2 is 2.07 bits per heavy atom. The molecule has 0 aromatic heterocycles. The minimum absolute atomic E-state index is 0.155. The Labute approximate surface area is 91.0 Å². The second-order valence-electron chi connectivity index (χ2n) is 2.62. The van der Waals surface area contributed by atoms with E-state index in [2.05, 4.69) is 5.32 Å². The van der Waals surface area contributed by atoms with E-state index >= 15 is 0 Å². The van der Waals surface area contributed by atoms with Gasteiger partial charge < -0.3 is 5.32 Å². The number of rotatable bonds is 2. The van der Waals surface area contributed by atoms with Crippen LogP contribution in [0.25, 0.3) is 0 Å². The predicted octanol–water partition coefficient (Wildman–Crippen LogP) is 2.76. The molecule has 0 radical (unpaired) electrons. The van der Waals surface area contributed by atoms with Gasteiger partial charge in [0.2, 0.25) is 5.91 Å². The van der Waals surface area contributed by atoms with E-state index < -0.39 is 0 Å². The van der Waals surface area contributed by atoms with Gasteiger partial charge in [0.1, 0.15) is 0 Å². The van der Waals surface area contributed by atoms with Crippen molar-refractivity contribution in [2.24, 2.45) is 0 Å². The van der Waals surface area contributed by atoms with E-state index in [4.69, 9.17) is 23.2 Å². The van der Waals surface area contributed by atoms with E-state index in [0.29, 0.717) is 12.0 Å². The molecule has 0 aliphatic carbocycles. The maximum Gasteiger partial charge on any atom is 0.221 e. The lowest BCUT2D eigenvalue weighted by molar-refractivity contribution is -0.114. The topological polar surface area (TPSA) is 46.2 Å². The van der Waals surface area contributed by atoms with Crippen molar-refractivity contribution in [3.8, 4) is 0 Å². The molecule has 5 heteroatoms. The van der Waals surface area contributed by atoms with Gasteiger partial charge in [-0.05, 0) is 12.1 Å². The first-order valence-corrected chi connectivity index (χ1v) is 4.52. The largest absolute Gasteiger partial charge is 0.325 e. The van der Waals surface area contributed by atoms with Crippen molar-refractivity contribution in [3.05, 3.63) is 27.7 Å². The van der Waals surface area contributed by atoms with Crippen molar-refractivity contribution in [1.82, 2.24) is 0 Å². The third-order valence-electron chi connectivity index (χ3n) is 1.56. The van der Waals surface area contributed by atoms with Gasteiger partial charge in [-0.1, -0.05) is 23.2 Å². The van der Waals surface area contributed by atoms with Crippen molar-refractivity contribution in [1.29, 1.82) is 0 Å². The van der Waals surface area contributed by atoms with E-state index in [0.717, 1.165) is 0 Å². The van der Waals surface area contributed by atoms with Crippen LogP contribution in [-0.2, 0) is 4.79 Å². The van der Waals surface area contributed by atoms with Crippen molar-refractivity contribution in [2.75, 3.05) is 5.32 Å². The van der Waals surface area contributed by atoms with Gasteiger partial charge in [-0.25, -0.2) is 0 Å². The molecular formula is C9H7Cl2NO2. The summed E-state index contributed by atoms with van der Waals surface area (Å²) < 4.78 is 0. The average Bonchev–Trinajstić information content (AvgIpc) is 2.10. The number of halogens is 2. The van der Waals surface area contributed by atoms with Crippen LogP contribution >= 0.6 is 23.2 Å². The number of hydrogen-bond acceptors (Lipinski definition) is 2. The summed E-state index contributed by atoms with van der Waals surface area (Å²) in [6, 6.07) is 3.04. The highest BCUT2D eigenvalue weighted by atomic mass is 35.5. The molecule has 14 heavy (non-hydrogen) atoms. The van der Waals surface area contributed by atoms with Crippen LogP contribution in [0.1, 0.15) is 17.3 Å². The SMILES string of the molecule is CC(=O)Nc1ccc(Cl)c(C=O)c1Cl. The van der Waals surface area contributed by atoms with Gasteiger partial charge in [0.15, 0.2) is 6.29 Å². The van der Waals surface area contributed by atoms with Crippen LogP contribution in [0.15, 0.2) is 12.1 Å². The Balaban J connectivity index is 3.20. The number of amides is 1. The van der Waals surface area contributed by atoms with Crippen molar-refractivity contribution in [3.63, 3.8) is 0 Å². The molecule has 1 rings (SSSR count). The molecule has 1 amide bonds. The van der Waals surface area contributed by atoms with Crippen LogP contribution in [-0.4, -0.2) is 12.2 Å². The number of benzene rings is 1. The summed E-state index contributed by atoms with van der Waals surface area (Å²) in [4.78, 5) is 21.4. The predicted molar refractivity (Wildman–Crippen MR) is 56.2 cm³/mol. The molecule has 0 heterocycles. The number of carbonyl (C=O) groups excluding carboxylic acids is 2. The van der Waals surface area contributed by atoms with E-state index in [1.165, 1.54) is 13.0 Å². The molecule has 3 nitrogen and oxygen atoms in total. The van der Waals surface area contributed by atoms with Gasteiger partial charge in [-0.2, -0.15) is 0 Å². The first-order chi connectivity index (χ1) is 6.56. The number of carbonyl (C=O) groups is 2. The zero-order valence-electron chi connectivity index (χ0n) is 7.30. The van der Waals surface area contributed by atoms with Gasteiger partial charge >= 0.3 is 0 Å². The summed E-state index contributed by atoms with van der Waals surface area (Å²) in [6.45, 7) is 1.35. The van der Waals surface area contributed by atoms with E-state index in [1.807, 2.05) is 0 Å². The Bertz CT molecular complexity index is 391. The molecule has 0 saturated heterocycles. The second kappa shape index (κ2) is 4.44. The van der Waals surface area contributed by atoms with E-state index in [9.17, 15) is 9.59 Å². The first kappa shape index (κ1) is 11.0. The fourth-order valence-corrected chi connectivity index (χ4v) is 1.47. The van der Waals surface area contributed by atoms with E-state index in [-0.39, 0.29) is 21.5 Å². The molecule has 1 N–H and O–H groups in total. The summed E-state index contributed by atoms with van der Waals surface area (Å²) in [5.41, 5.74) is 0.560. The lowest BCUT2D eigenvalue weighted by atomic mass is 10.2. The maximum absolute atomic E-state index is 10.8. The zero-order chi connectivity index (χ0) is 10.7. The third kappa shape index (κ3) is 2.25. The summed E-state index contributed by atoms with van der Waals surface area (Å²) in [5, 5.41) is 2.90. The average molecular weight is 232 g/mol. The van der Waals surface area contributed by atoms with Gasteiger partial charge in [-0.3, -0.25) is 9.59 Å². The monoisotopic (exact) mass is 231 g/mol. The van der Waals surface area contributed by atoms with Crippen LogP contribution in [0.5, 0.6) is 0 Å². The molecule has 0 bridgehead atoms. The lowest BCUT2D eigenvalue weighted by Gasteiger charge is -2.07.